The summed E-state index contributed by atoms with van der Waals surface area (Å²) in [5.41, 5.74) is 3.10. The Morgan fingerprint density at radius 3 is 2.86 bits per heavy atom. The third-order valence-electron chi connectivity index (χ3n) is 1.94. The first kappa shape index (κ1) is 13.2. The van der Waals surface area contributed by atoms with E-state index in [0.717, 1.165) is 26.1 Å². The van der Waals surface area contributed by atoms with Crippen LogP contribution in [0.4, 0.5) is 0 Å². The third-order valence-corrected chi connectivity index (χ3v) is 1.94. The molecule has 14 heavy (non-hydrogen) atoms. The quantitative estimate of drug-likeness (QED) is 0.325. The van der Waals surface area contributed by atoms with Crippen LogP contribution < -0.4 is 0 Å². The second-order valence-electron chi connectivity index (χ2n) is 3.33. The topological polar surface area (TPSA) is 9.23 Å². The zero-order valence-electron chi connectivity index (χ0n) is 9.46. The minimum absolute atomic E-state index is 0.431. The number of ether oxygens (including phenoxy) is 1. The van der Waals surface area contributed by atoms with Crippen LogP contribution in [-0.4, -0.2) is 13.2 Å². The molecular formula is C13H22O. The normalized spacial score (nSPS) is 11.6. The summed E-state index contributed by atoms with van der Waals surface area (Å²) in [5, 5.41) is 0. The zero-order valence-corrected chi connectivity index (χ0v) is 9.46. The summed E-state index contributed by atoms with van der Waals surface area (Å²) in [5.74, 6) is 0.431. The number of unbranched alkanes of at least 4 members (excludes halogenated alkanes) is 1. The molecule has 0 saturated carbocycles. The van der Waals surface area contributed by atoms with Crippen molar-refractivity contribution in [3.05, 3.63) is 30.5 Å². The Morgan fingerprint density at radius 1 is 1.50 bits per heavy atom. The summed E-state index contributed by atoms with van der Waals surface area (Å²) < 4.78 is 5.55. The predicted molar refractivity (Wildman–Crippen MR) is 62.4 cm³/mol. The predicted octanol–water partition coefficient (Wildman–Crippen LogP) is 3.73. The maximum absolute atomic E-state index is 5.55. The van der Waals surface area contributed by atoms with E-state index in [1.54, 1.807) is 0 Å². The lowest BCUT2D eigenvalue weighted by Crippen LogP contribution is -2.07. The molecule has 0 N–H and O–H groups in total. The molecule has 1 heteroatoms. The second-order valence-corrected chi connectivity index (χ2v) is 3.33. The van der Waals surface area contributed by atoms with E-state index >= 15 is 0 Å². The Bertz CT molecular complexity index is 187. The largest absolute Gasteiger partial charge is 0.381 e. The van der Waals surface area contributed by atoms with Gasteiger partial charge in [0.1, 0.15) is 0 Å². The van der Waals surface area contributed by atoms with Crippen LogP contribution in [0.3, 0.4) is 0 Å². The van der Waals surface area contributed by atoms with Crippen molar-refractivity contribution in [3.63, 3.8) is 0 Å². The van der Waals surface area contributed by atoms with E-state index < -0.39 is 0 Å². The number of rotatable bonds is 8. The first-order valence-corrected chi connectivity index (χ1v) is 5.41. The molecule has 0 aromatic rings. The lowest BCUT2D eigenvalue weighted by Gasteiger charge is -2.09. The summed E-state index contributed by atoms with van der Waals surface area (Å²) in [6, 6.07) is 0. The smallest absolute Gasteiger partial charge is 0.0537 e. The fourth-order valence-electron chi connectivity index (χ4n) is 1.11. The van der Waals surface area contributed by atoms with Crippen molar-refractivity contribution in [2.75, 3.05) is 13.2 Å². The molecule has 0 spiro atoms. The van der Waals surface area contributed by atoms with E-state index in [2.05, 4.69) is 25.3 Å². The minimum Gasteiger partial charge on any atom is -0.381 e. The first-order chi connectivity index (χ1) is 6.85. The SMILES string of the molecule is C=CCC(C=C=CC)COCCCC. The molecule has 0 bridgehead atoms. The highest BCUT2D eigenvalue weighted by molar-refractivity contribution is 4.91. The Morgan fingerprint density at radius 2 is 2.29 bits per heavy atom. The van der Waals surface area contributed by atoms with E-state index in [1.165, 1.54) is 6.42 Å². The molecule has 0 aliphatic carbocycles. The van der Waals surface area contributed by atoms with Crippen molar-refractivity contribution >= 4 is 0 Å². The van der Waals surface area contributed by atoms with Gasteiger partial charge < -0.3 is 4.74 Å². The van der Waals surface area contributed by atoms with Gasteiger partial charge in [-0.2, -0.15) is 0 Å². The first-order valence-electron chi connectivity index (χ1n) is 5.41. The van der Waals surface area contributed by atoms with E-state index in [9.17, 15) is 0 Å². The maximum atomic E-state index is 5.55. The van der Waals surface area contributed by atoms with Crippen molar-refractivity contribution in [3.8, 4) is 0 Å². The standard InChI is InChI=1S/C13H22O/c1-4-7-10-13(9-6-3)12-14-11-8-5-2/h4,6,10,13H,3,5,8-9,11-12H2,1-2H3. The van der Waals surface area contributed by atoms with Gasteiger partial charge in [0.25, 0.3) is 0 Å². The van der Waals surface area contributed by atoms with Crippen molar-refractivity contribution in [1.29, 1.82) is 0 Å². The van der Waals surface area contributed by atoms with Gasteiger partial charge in [-0.3, -0.25) is 0 Å². The monoisotopic (exact) mass is 194 g/mol. The molecular weight excluding hydrogens is 172 g/mol. The Kier molecular flexibility index (Phi) is 9.73. The third kappa shape index (κ3) is 7.85. The summed E-state index contributed by atoms with van der Waals surface area (Å²) in [4.78, 5) is 0. The fourth-order valence-corrected chi connectivity index (χ4v) is 1.11. The molecule has 0 amide bonds. The van der Waals surface area contributed by atoms with Crippen LogP contribution >= 0.6 is 0 Å². The van der Waals surface area contributed by atoms with Crippen LogP contribution in [0, 0.1) is 5.92 Å². The summed E-state index contributed by atoms with van der Waals surface area (Å²) in [6.45, 7) is 9.54. The second kappa shape index (κ2) is 10.3. The van der Waals surface area contributed by atoms with Gasteiger partial charge in [0.2, 0.25) is 0 Å². The lowest BCUT2D eigenvalue weighted by molar-refractivity contribution is 0.111. The minimum atomic E-state index is 0.431. The average molecular weight is 194 g/mol. The van der Waals surface area contributed by atoms with Gasteiger partial charge in [0.15, 0.2) is 0 Å². The molecule has 0 aliphatic heterocycles. The number of allylic oxidation sites excluding steroid dienone is 1. The highest BCUT2D eigenvalue weighted by Crippen LogP contribution is 2.06. The molecule has 1 atom stereocenters. The van der Waals surface area contributed by atoms with Crippen molar-refractivity contribution in [2.24, 2.45) is 5.92 Å². The number of hydrogen-bond donors (Lipinski definition) is 0. The molecule has 0 saturated heterocycles. The van der Waals surface area contributed by atoms with E-state index in [4.69, 9.17) is 4.74 Å². The Balaban J connectivity index is 3.72. The molecule has 1 unspecified atom stereocenters. The highest BCUT2D eigenvalue weighted by Gasteiger charge is 2.01. The molecule has 80 valence electrons. The van der Waals surface area contributed by atoms with E-state index in [0.29, 0.717) is 5.92 Å². The Hall–Kier alpha value is -0.780. The highest BCUT2D eigenvalue weighted by atomic mass is 16.5. The van der Waals surface area contributed by atoms with Crippen molar-refractivity contribution < 1.29 is 4.74 Å². The molecule has 0 aromatic carbocycles. The van der Waals surface area contributed by atoms with E-state index in [1.807, 2.05) is 19.1 Å². The van der Waals surface area contributed by atoms with Crippen LogP contribution in [0.5, 0.6) is 0 Å². The number of hydrogen-bond acceptors (Lipinski definition) is 1. The van der Waals surface area contributed by atoms with Gasteiger partial charge in [-0.05, 0) is 31.9 Å². The Labute approximate surface area is 88.2 Å². The lowest BCUT2D eigenvalue weighted by atomic mass is 10.1. The van der Waals surface area contributed by atoms with Crippen molar-refractivity contribution in [1.82, 2.24) is 0 Å². The summed E-state index contributed by atoms with van der Waals surface area (Å²) >= 11 is 0. The fraction of sp³-hybridized carbons (Fsp3) is 0.615. The molecule has 0 radical (unpaired) electrons. The van der Waals surface area contributed by atoms with Gasteiger partial charge in [0, 0.05) is 12.5 Å². The average Bonchev–Trinajstić information content (AvgIpc) is 2.20. The van der Waals surface area contributed by atoms with Gasteiger partial charge in [-0.15, -0.1) is 12.3 Å². The maximum Gasteiger partial charge on any atom is 0.0537 e. The van der Waals surface area contributed by atoms with Gasteiger partial charge in [0.05, 0.1) is 6.61 Å². The summed E-state index contributed by atoms with van der Waals surface area (Å²) in [6.07, 6.45) is 9.22. The molecule has 0 fully saturated rings. The van der Waals surface area contributed by atoms with Crippen LogP contribution in [0.15, 0.2) is 30.5 Å². The van der Waals surface area contributed by atoms with Crippen LogP contribution in [0.1, 0.15) is 33.1 Å². The van der Waals surface area contributed by atoms with Crippen LogP contribution in [0.25, 0.3) is 0 Å². The molecule has 0 heterocycles. The zero-order chi connectivity index (χ0) is 10.6. The van der Waals surface area contributed by atoms with Gasteiger partial charge >= 0.3 is 0 Å². The van der Waals surface area contributed by atoms with Gasteiger partial charge in [-0.1, -0.05) is 19.4 Å². The van der Waals surface area contributed by atoms with Crippen molar-refractivity contribution in [2.45, 2.75) is 33.1 Å². The van der Waals surface area contributed by atoms with Gasteiger partial charge in [-0.25, -0.2) is 0 Å². The summed E-state index contributed by atoms with van der Waals surface area (Å²) in [7, 11) is 0. The van der Waals surface area contributed by atoms with Crippen LogP contribution in [-0.2, 0) is 4.74 Å². The molecule has 0 rings (SSSR count). The molecule has 0 aliphatic rings. The molecule has 1 nitrogen and oxygen atoms in total. The molecule has 0 aromatic heterocycles. The van der Waals surface area contributed by atoms with E-state index in [-0.39, 0.29) is 0 Å². The van der Waals surface area contributed by atoms with Crippen LogP contribution in [0.2, 0.25) is 0 Å².